The number of phosphoric ester groups is 1. The molecular formula is C60H97O11P. The molecule has 0 saturated heterocycles. The molecule has 0 saturated carbocycles. The SMILES string of the molecule is CC/C=C\C/C=C\C/C=C\C/C=C\CCCCCCC(=O)OC(COC(=O)CCCCCCC/C=C\C/C=C\CCC)COP(=O)(O)OCC(CO)OC(=O)CCCC/C=C\C/C=C\C/C=C\C/C=C\CC. The number of phosphoric acid groups is 1. The maximum atomic E-state index is 12.9. The molecule has 0 radical (unpaired) electrons. The molecule has 0 fully saturated rings. The molecule has 0 aromatic rings. The molecule has 408 valence electrons. The van der Waals surface area contributed by atoms with Crippen LogP contribution in [0.2, 0.25) is 0 Å². The van der Waals surface area contributed by atoms with Gasteiger partial charge in [-0.1, -0.05) is 181 Å². The van der Waals surface area contributed by atoms with Crippen LogP contribution in [-0.2, 0) is 42.2 Å². The van der Waals surface area contributed by atoms with Crippen molar-refractivity contribution in [3.05, 3.63) is 122 Å². The second-order valence-corrected chi connectivity index (χ2v) is 19.1. The van der Waals surface area contributed by atoms with Crippen molar-refractivity contribution in [3.8, 4) is 0 Å². The Hall–Kier alpha value is -4.12. The van der Waals surface area contributed by atoms with Crippen molar-refractivity contribution >= 4 is 25.7 Å². The molecule has 0 aromatic carbocycles. The number of rotatable bonds is 49. The molecule has 3 atom stereocenters. The second kappa shape index (κ2) is 53.2. The Bertz CT molecular complexity index is 1670. The van der Waals surface area contributed by atoms with E-state index in [1.165, 1.54) is 0 Å². The van der Waals surface area contributed by atoms with Crippen molar-refractivity contribution in [2.24, 2.45) is 0 Å². The number of unbranched alkanes of at least 4 members (excludes halogenated alkanes) is 12. The van der Waals surface area contributed by atoms with Crippen LogP contribution in [0.1, 0.15) is 201 Å². The van der Waals surface area contributed by atoms with Gasteiger partial charge < -0.3 is 24.2 Å². The average molecular weight is 1030 g/mol. The smallest absolute Gasteiger partial charge is 0.462 e. The molecular weight excluding hydrogens is 928 g/mol. The van der Waals surface area contributed by atoms with Crippen molar-refractivity contribution in [3.63, 3.8) is 0 Å². The van der Waals surface area contributed by atoms with Crippen molar-refractivity contribution in [2.75, 3.05) is 26.4 Å². The molecule has 11 nitrogen and oxygen atoms in total. The van der Waals surface area contributed by atoms with E-state index in [2.05, 4.69) is 142 Å². The van der Waals surface area contributed by atoms with Gasteiger partial charge in [0.1, 0.15) is 12.7 Å². The first-order valence-corrected chi connectivity index (χ1v) is 28.9. The van der Waals surface area contributed by atoms with Gasteiger partial charge in [-0.2, -0.15) is 0 Å². The Morgan fingerprint density at radius 2 is 0.722 bits per heavy atom. The lowest BCUT2D eigenvalue weighted by Gasteiger charge is -2.21. The number of hydrogen-bond acceptors (Lipinski definition) is 10. The third-order valence-electron chi connectivity index (χ3n) is 10.8. The van der Waals surface area contributed by atoms with Crippen molar-refractivity contribution in [1.82, 2.24) is 0 Å². The molecule has 0 rings (SSSR count). The molecule has 0 bridgehead atoms. The van der Waals surface area contributed by atoms with Gasteiger partial charge in [0, 0.05) is 19.3 Å². The van der Waals surface area contributed by atoms with Crippen molar-refractivity contribution in [2.45, 2.75) is 213 Å². The largest absolute Gasteiger partial charge is 0.472 e. The van der Waals surface area contributed by atoms with Crippen LogP contribution in [0.5, 0.6) is 0 Å². The van der Waals surface area contributed by atoms with Crippen LogP contribution in [0.15, 0.2) is 122 Å². The number of ether oxygens (including phenoxy) is 3. The third kappa shape index (κ3) is 50.8. The highest BCUT2D eigenvalue weighted by Crippen LogP contribution is 2.43. The van der Waals surface area contributed by atoms with Gasteiger partial charge in [-0.25, -0.2) is 4.57 Å². The molecule has 0 aliphatic rings. The Labute approximate surface area is 437 Å². The zero-order valence-corrected chi connectivity index (χ0v) is 45.7. The van der Waals surface area contributed by atoms with Crippen molar-refractivity contribution < 1.29 is 52.2 Å². The molecule has 2 N–H and O–H groups in total. The monoisotopic (exact) mass is 1020 g/mol. The lowest BCUT2D eigenvalue weighted by atomic mass is 10.1. The number of carbonyl (C=O) groups is 3. The van der Waals surface area contributed by atoms with Crippen LogP contribution < -0.4 is 0 Å². The second-order valence-electron chi connectivity index (χ2n) is 17.6. The minimum absolute atomic E-state index is 0.116. The minimum atomic E-state index is -4.77. The number of hydrogen-bond donors (Lipinski definition) is 2. The predicted octanol–water partition coefficient (Wildman–Crippen LogP) is 16.0. The van der Waals surface area contributed by atoms with E-state index in [1.807, 2.05) is 0 Å². The summed E-state index contributed by atoms with van der Waals surface area (Å²) in [7, 11) is -4.77. The van der Waals surface area contributed by atoms with Crippen LogP contribution in [0, 0.1) is 0 Å². The van der Waals surface area contributed by atoms with Gasteiger partial charge in [0.2, 0.25) is 0 Å². The highest BCUT2D eigenvalue weighted by Gasteiger charge is 2.28. The summed E-state index contributed by atoms with van der Waals surface area (Å²) in [4.78, 5) is 48.4. The molecule has 0 aromatic heterocycles. The van der Waals surface area contributed by atoms with E-state index in [0.717, 1.165) is 141 Å². The molecule has 0 amide bonds. The first kappa shape index (κ1) is 67.9. The summed E-state index contributed by atoms with van der Waals surface area (Å²) in [5.41, 5.74) is 0. The van der Waals surface area contributed by atoms with E-state index in [0.29, 0.717) is 19.3 Å². The van der Waals surface area contributed by atoms with Gasteiger partial charge in [-0.3, -0.25) is 23.4 Å². The Morgan fingerprint density at radius 1 is 0.403 bits per heavy atom. The summed E-state index contributed by atoms with van der Waals surface area (Å²) in [6, 6.07) is 0. The highest BCUT2D eigenvalue weighted by molar-refractivity contribution is 7.47. The zero-order chi connectivity index (χ0) is 52.7. The topological polar surface area (TPSA) is 155 Å². The molecule has 12 heteroatoms. The van der Waals surface area contributed by atoms with Gasteiger partial charge in [0.25, 0.3) is 0 Å². The first-order valence-electron chi connectivity index (χ1n) is 27.4. The van der Waals surface area contributed by atoms with Gasteiger partial charge in [0.15, 0.2) is 6.10 Å². The number of carbonyl (C=O) groups excluding carboxylic acids is 3. The molecule has 0 heterocycles. The number of aliphatic hydroxyl groups excluding tert-OH is 1. The summed E-state index contributed by atoms with van der Waals surface area (Å²) in [5.74, 6) is -1.57. The fourth-order valence-electron chi connectivity index (χ4n) is 6.73. The molecule has 0 aliphatic carbocycles. The normalized spacial score (nSPS) is 14.3. The quantitative estimate of drug-likeness (QED) is 0.0197. The van der Waals surface area contributed by atoms with Crippen LogP contribution in [0.25, 0.3) is 0 Å². The van der Waals surface area contributed by atoms with Gasteiger partial charge in [-0.15, -0.1) is 0 Å². The standard InChI is InChI=1S/C60H97O11P/c1-4-7-10-13-16-19-22-25-27-28-30-33-36-39-42-45-48-51-60(64)71-57(53-67-58(62)49-46-43-40-37-34-31-24-21-18-15-12-9-6-3)55-69-72(65,66)68-54-56(52-61)70-59(63)50-47-44-41-38-35-32-29-26-23-20-17-14-11-8-5-2/h7-8,10-12,15-17,19-21,24-27,29-30,33,35,38,56-57,61H,4-6,9,13-14,18,22-23,28,31-32,34,36-37,39-55H2,1-3H3,(H,65,66)/b10-7-,11-8-,15-12-,19-16-,20-17-,24-21-,27-25-,29-26-,33-30-,38-35-. The van der Waals surface area contributed by atoms with Crippen LogP contribution >= 0.6 is 7.82 Å². The molecule has 0 aliphatic heterocycles. The Balaban J connectivity index is 4.85. The lowest BCUT2D eigenvalue weighted by Crippen LogP contribution is -2.30. The average Bonchev–Trinajstić information content (AvgIpc) is 3.37. The summed E-state index contributed by atoms with van der Waals surface area (Å²) < 4.78 is 39.4. The van der Waals surface area contributed by atoms with Crippen LogP contribution in [-0.4, -0.2) is 66.5 Å². The molecule has 3 unspecified atom stereocenters. The molecule has 0 spiro atoms. The summed E-state index contributed by atoms with van der Waals surface area (Å²) in [6.45, 7) is 4.23. The van der Waals surface area contributed by atoms with Crippen LogP contribution in [0.3, 0.4) is 0 Å². The minimum Gasteiger partial charge on any atom is -0.462 e. The maximum absolute atomic E-state index is 12.9. The van der Waals surface area contributed by atoms with Gasteiger partial charge >= 0.3 is 25.7 Å². The number of allylic oxidation sites excluding steroid dienone is 20. The lowest BCUT2D eigenvalue weighted by molar-refractivity contribution is -0.161. The van der Waals surface area contributed by atoms with Crippen molar-refractivity contribution in [1.29, 1.82) is 0 Å². The van der Waals surface area contributed by atoms with E-state index < -0.39 is 57.8 Å². The van der Waals surface area contributed by atoms with E-state index in [-0.39, 0.29) is 25.9 Å². The number of esters is 3. The van der Waals surface area contributed by atoms with E-state index in [1.54, 1.807) is 0 Å². The van der Waals surface area contributed by atoms with E-state index in [9.17, 15) is 28.9 Å². The first-order chi connectivity index (χ1) is 35.2. The van der Waals surface area contributed by atoms with E-state index in [4.69, 9.17) is 23.3 Å². The fraction of sp³-hybridized carbons (Fsp3) is 0.617. The Kier molecular flexibility index (Phi) is 50.1. The fourth-order valence-corrected chi connectivity index (χ4v) is 7.51. The summed E-state index contributed by atoms with van der Waals surface area (Å²) in [6.07, 6.45) is 64.5. The van der Waals surface area contributed by atoms with Gasteiger partial charge in [-0.05, 0) is 122 Å². The van der Waals surface area contributed by atoms with E-state index >= 15 is 0 Å². The zero-order valence-electron chi connectivity index (χ0n) is 44.8. The highest BCUT2D eigenvalue weighted by atomic mass is 31.2. The predicted molar refractivity (Wildman–Crippen MR) is 297 cm³/mol. The Morgan fingerprint density at radius 3 is 1.14 bits per heavy atom. The molecule has 72 heavy (non-hydrogen) atoms. The van der Waals surface area contributed by atoms with Gasteiger partial charge in [0.05, 0.1) is 19.8 Å². The summed E-state index contributed by atoms with van der Waals surface area (Å²) in [5, 5.41) is 9.79. The maximum Gasteiger partial charge on any atom is 0.472 e. The third-order valence-corrected chi connectivity index (χ3v) is 11.8. The number of aliphatic hydroxyl groups is 1. The summed E-state index contributed by atoms with van der Waals surface area (Å²) >= 11 is 0. The van der Waals surface area contributed by atoms with Crippen LogP contribution in [0.4, 0.5) is 0 Å².